The molecule has 0 aliphatic heterocycles. The van der Waals surface area contributed by atoms with Crippen molar-refractivity contribution in [1.82, 2.24) is 10.2 Å². The highest BCUT2D eigenvalue weighted by atomic mass is 35.5. The molecule has 116 valence electrons. The molecule has 1 aliphatic rings. The van der Waals surface area contributed by atoms with Gasteiger partial charge in [0.1, 0.15) is 0 Å². The van der Waals surface area contributed by atoms with Gasteiger partial charge in [0.15, 0.2) is 0 Å². The Bertz CT molecular complexity index is 273. The fourth-order valence-corrected chi connectivity index (χ4v) is 2.68. The van der Waals surface area contributed by atoms with Gasteiger partial charge in [-0.05, 0) is 32.4 Å². The summed E-state index contributed by atoms with van der Waals surface area (Å²) in [5.74, 6) is 0.173. The Balaban J connectivity index is 0. The molecule has 1 amide bonds. The van der Waals surface area contributed by atoms with Gasteiger partial charge in [0.05, 0.1) is 5.92 Å². The van der Waals surface area contributed by atoms with Gasteiger partial charge in [-0.1, -0.05) is 20.3 Å². The fraction of sp³-hybridized carbons (Fsp3) is 0.923. The van der Waals surface area contributed by atoms with E-state index >= 15 is 0 Å². The van der Waals surface area contributed by atoms with Gasteiger partial charge in [0.2, 0.25) is 5.91 Å². The van der Waals surface area contributed by atoms with Crippen molar-refractivity contribution in [2.45, 2.75) is 39.2 Å². The van der Waals surface area contributed by atoms with Gasteiger partial charge in [-0.2, -0.15) is 0 Å². The van der Waals surface area contributed by atoms with E-state index in [0.717, 1.165) is 25.8 Å². The SMILES string of the molecule is CN(C)CC(C)(C)CNC(=O)C1CCCC1N.Cl.Cl. The lowest BCUT2D eigenvalue weighted by Crippen LogP contribution is -2.44. The summed E-state index contributed by atoms with van der Waals surface area (Å²) in [5.41, 5.74) is 6.03. The largest absolute Gasteiger partial charge is 0.355 e. The van der Waals surface area contributed by atoms with Crippen LogP contribution in [0.25, 0.3) is 0 Å². The minimum absolute atomic E-state index is 0. The van der Waals surface area contributed by atoms with E-state index in [4.69, 9.17) is 5.73 Å². The lowest BCUT2D eigenvalue weighted by atomic mass is 9.92. The zero-order valence-corrected chi connectivity index (χ0v) is 14.1. The first-order valence-corrected chi connectivity index (χ1v) is 6.50. The summed E-state index contributed by atoms with van der Waals surface area (Å²) >= 11 is 0. The van der Waals surface area contributed by atoms with Gasteiger partial charge in [-0.25, -0.2) is 0 Å². The lowest BCUT2D eigenvalue weighted by Gasteiger charge is -2.29. The van der Waals surface area contributed by atoms with Gasteiger partial charge in [-0.15, -0.1) is 24.8 Å². The van der Waals surface area contributed by atoms with Crippen LogP contribution in [0, 0.1) is 11.3 Å². The molecule has 0 radical (unpaired) electrons. The molecule has 0 aromatic heterocycles. The molecule has 2 atom stereocenters. The Morgan fingerprint density at radius 3 is 2.32 bits per heavy atom. The molecule has 0 bridgehead atoms. The number of carbonyl (C=O) groups excluding carboxylic acids is 1. The maximum Gasteiger partial charge on any atom is 0.224 e. The summed E-state index contributed by atoms with van der Waals surface area (Å²) in [6, 6.07) is 0.0620. The van der Waals surface area contributed by atoms with E-state index in [1.54, 1.807) is 0 Å². The molecular formula is C13H29Cl2N3O. The average Bonchev–Trinajstić information content (AvgIpc) is 2.59. The Hall–Kier alpha value is -0.0300. The van der Waals surface area contributed by atoms with E-state index in [1.807, 2.05) is 0 Å². The number of nitrogens with two attached hydrogens (primary N) is 1. The van der Waals surface area contributed by atoms with Crippen molar-refractivity contribution >= 4 is 30.7 Å². The highest BCUT2D eigenvalue weighted by Crippen LogP contribution is 2.24. The number of rotatable bonds is 5. The summed E-state index contributed by atoms with van der Waals surface area (Å²) in [7, 11) is 4.10. The van der Waals surface area contributed by atoms with Crippen molar-refractivity contribution < 1.29 is 4.79 Å². The number of amides is 1. The van der Waals surface area contributed by atoms with Crippen molar-refractivity contribution in [2.24, 2.45) is 17.1 Å². The Kier molecular flexibility index (Phi) is 10.1. The number of hydrogen-bond donors (Lipinski definition) is 2. The predicted molar refractivity (Wildman–Crippen MR) is 85.2 cm³/mol. The maximum absolute atomic E-state index is 12.0. The van der Waals surface area contributed by atoms with Crippen LogP contribution in [0.5, 0.6) is 0 Å². The van der Waals surface area contributed by atoms with Crippen LogP contribution < -0.4 is 11.1 Å². The van der Waals surface area contributed by atoms with Gasteiger partial charge >= 0.3 is 0 Å². The van der Waals surface area contributed by atoms with Crippen molar-refractivity contribution in [3.63, 3.8) is 0 Å². The van der Waals surface area contributed by atoms with E-state index in [1.165, 1.54) is 0 Å². The van der Waals surface area contributed by atoms with Crippen LogP contribution in [-0.4, -0.2) is 44.0 Å². The minimum atomic E-state index is 0. The van der Waals surface area contributed by atoms with E-state index in [2.05, 4.69) is 38.2 Å². The molecule has 1 fully saturated rings. The molecule has 1 rings (SSSR count). The number of carbonyl (C=O) groups is 1. The number of hydrogen-bond acceptors (Lipinski definition) is 3. The standard InChI is InChI=1S/C13H27N3O.2ClH/c1-13(2,9-16(3)4)8-15-12(17)10-6-5-7-11(10)14;;/h10-11H,5-9,14H2,1-4H3,(H,15,17);2*1H. The average molecular weight is 314 g/mol. The zero-order chi connectivity index (χ0) is 13.1. The molecule has 3 N–H and O–H groups in total. The first-order chi connectivity index (χ1) is 7.82. The maximum atomic E-state index is 12.0. The van der Waals surface area contributed by atoms with Gasteiger partial charge in [-0.3, -0.25) is 4.79 Å². The normalized spacial score (nSPS) is 22.6. The van der Waals surface area contributed by atoms with Crippen LogP contribution >= 0.6 is 24.8 Å². The second-order valence-corrected chi connectivity index (χ2v) is 6.32. The van der Waals surface area contributed by atoms with Crippen LogP contribution in [0.4, 0.5) is 0 Å². The molecule has 1 aliphatic carbocycles. The summed E-state index contributed by atoms with van der Waals surface area (Å²) in [6.07, 6.45) is 3.01. The second-order valence-electron chi connectivity index (χ2n) is 6.32. The summed E-state index contributed by atoms with van der Waals surface area (Å²) in [4.78, 5) is 14.1. The third-order valence-corrected chi connectivity index (χ3v) is 3.39. The zero-order valence-electron chi connectivity index (χ0n) is 12.4. The Labute approximate surface area is 129 Å². The summed E-state index contributed by atoms with van der Waals surface area (Å²) < 4.78 is 0. The molecule has 4 nitrogen and oxygen atoms in total. The van der Waals surface area contributed by atoms with Crippen molar-refractivity contribution in [3.05, 3.63) is 0 Å². The molecule has 0 aromatic carbocycles. The first-order valence-electron chi connectivity index (χ1n) is 6.50. The smallest absolute Gasteiger partial charge is 0.224 e. The summed E-state index contributed by atoms with van der Waals surface area (Å²) in [5, 5.41) is 3.06. The van der Waals surface area contributed by atoms with Gasteiger partial charge < -0.3 is 16.0 Å². The molecule has 0 heterocycles. The van der Waals surface area contributed by atoms with Gasteiger partial charge in [0, 0.05) is 19.1 Å². The number of nitrogens with zero attached hydrogens (tertiary/aromatic N) is 1. The van der Waals surface area contributed by atoms with Crippen molar-refractivity contribution in [2.75, 3.05) is 27.2 Å². The van der Waals surface area contributed by atoms with Crippen LogP contribution in [0.2, 0.25) is 0 Å². The molecule has 1 saturated carbocycles. The van der Waals surface area contributed by atoms with Crippen LogP contribution in [0.15, 0.2) is 0 Å². The highest BCUT2D eigenvalue weighted by molar-refractivity contribution is 5.85. The third-order valence-electron chi connectivity index (χ3n) is 3.39. The molecule has 6 heteroatoms. The van der Waals surface area contributed by atoms with Crippen molar-refractivity contribution in [3.8, 4) is 0 Å². The van der Waals surface area contributed by atoms with Gasteiger partial charge in [0.25, 0.3) is 0 Å². The van der Waals surface area contributed by atoms with E-state index in [9.17, 15) is 4.79 Å². The Morgan fingerprint density at radius 1 is 1.32 bits per heavy atom. The molecular weight excluding hydrogens is 285 g/mol. The topological polar surface area (TPSA) is 58.4 Å². The molecule has 0 aromatic rings. The molecule has 0 spiro atoms. The van der Waals surface area contributed by atoms with E-state index < -0.39 is 0 Å². The summed E-state index contributed by atoms with van der Waals surface area (Å²) in [6.45, 7) is 6.01. The van der Waals surface area contributed by atoms with E-state index in [0.29, 0.717) is 6.54 Å². The van der Waals surface area contributed by atoms with Crippen LogP contribution in [0.3, 0.4) is 0 Å². The molecule has 2 unspecified atom stereocenters. The second kappa shape index (κ2) is 9.01. The molecule has 0 saturated heterocycles. The highest BCUT2D eigenvalue weighted by Gasteiger charge is 2.31. The number of nitrogens with one attached hydrogen (secondary N) is 1. The minimum Gasteiger partial charge on any atom is -0.355 e. The van der Waals surface area contributed by atoms with E-state index in [-0.39, 0.29) is 48.1 Å². The lowest BCUT2D eigenvalue weighted by molar-refractivity contribution is -0.125. The Morgan fingerprint density at radius 2 is 1.89 bits per heavy atom. The van der Waals surface area contributed by atoms with Crippen molar-refractivity contribution in [1.29, 1.82) is 0 Å². The predicted octanol–water partition coefficient (Wildman–Crippen LogP) is 1.66. The first kappa shape index (κ1) is 21.3. The molecule has 19 heavy (non-hydrogen) atoms. The van der Waals surface area contributed by atoms with Crippen LogP contribution in [-0.2, 0) is 4.79 Å². The quantitative estimate of drug-likeness (QED) is 0.811. The third kappa shape index (κ3) is 7.35. The van der Waals surface area contributed by atoms with Crippen LogP contribution in [0.1, 0.15) is 33.1 Å². The number of halogens is 2. The monoisotopic (exact) mass is 313 g/mol. The fourth-order valence-electron chi connectivity index (χ4n) is 2.68.